The number of halogens is 2. The van der Waals surface area contributed by atoms with Crippen LogP contribution in [-0.4, -0.2) is 18.6 Å². The Morgan fingerprint density at radius 2 is 2.04 bits per heavy atom. The van der Waals surface area contributed by atoms with Gasteiger partial charge in [-0.15, -0.1) is 0 Å². The molecule has 1 aromatic heterocycles. The Kier molecular flexibility index (Phi) is 4.81. The van der Waals surface area contributed by atoms with Crippen molar-refractivity contribution in [1.29, 1.82) is 0 Å². The van der Waals surface area contributed by atoms with Crippen LogP contribution < -0.4 is 10.5 Å². The fraction of sp³-hybridized carbons (Fsp3) is 0.222. The van der Waals surface area contributed by atoms with Gasteiger partial charge < -0.3 is 15.5 Å². The van der Waals surface area contributed by atoms with Crippen LogP contribution in [0, 0.1) is 0 Å². The second-order valence-corrected chi connectivity index (χ2v) is 6.29. The Labute approximate surface area is 145 Å². The minimum absolute atomic E-state index is 0.145. The van der Waals surface area contributed by atoms with Gasteiger partial charge in [-0.1, -0.05) is 35.3 Å². The minimum atomic E-state index is 0.145. The summed E-state index contributed by atoms with van der Waals surface area (Å²) in [6, 6.07) is 11.7. The maximum atomic E-state index is 6.32. The van der Waals surface area contributed by atoms with Gasteiger partial charge in [0.05, 0.1) is 17.2 Å². The summed E-state index contributed by atoms with van der Waals surface area (Å²) in [5, 5.41) is 2.29. The molecular formula is C18H18Cl2N2O. The molecule has 3 N–H and O–H groups in total. The average Bonchev–Trinajstić information content (AvgIpc) is 2.99. The molecule has 0 amide bonds. The molecule has 0 aliphatic heterocycles. The number of hydrogen-bond acceptors (Lipinski definition) is 2. The highest BCUT2D eigenvalue weighted by Crippen LogP contribution is 2.33. The molecule has 0 saturated carbocycles. The third kappa shape index (κ3) is 3.18. The summed E-state index contributed by atoms with van der Waals surface area (Å²) in [7, 11) is 1.67. The maximum Gasteiger partial charge on any atom is 0.119 e. The number of benzene rings is 2. The van der Waals surface area contributed by atoms with E-state index in [1.54, 1.807) is 13.2 Å². The van der Waals surface area contributed by atoms with Gasteiger partial charge in [-0.2, -0.15) is 0 Å². The highest BCUT2D eigenvalue weighted by Gasteiger charge is 2.17. The van der Waals surface area contributed by atoms with Crippen LogP contribution in [0.4, 0.5) is 0 Å². The molecule has 120 valence electrons. The van der Waals surface area contributed by atoms with Crippen LogP contribution in [0.3, 0.4) is 0 Å². The number of H-pyrrole nitrogens is 1. The molecule has 0 fully saturated rings. The van der Waals surface area contributed by atoms with Crippen LogP contribution in [0.5, 0.6) is 5.75 Å². The summed E-state index contributed by atoms with van der Waals surface area (Å²) in [6.07, 6.45) is 2.75. The molecule has 0 saturated heterocycles. The van der Waals surface area contributed by atoms with E-state index in [4.69, 9.17) is 33.7 Å². The van der Waals surface area contributed by atoms with Crippen molar-refractivity contribution >= 4 is 34.1 Å². The largest absolute Gasteiger partial charge is 0.497 e. The summed E-state index contributed by atoms with van der Waals surface area (Å²) < 4.78 is 5.33. The highest BCUT2D eigenvalue weighted by atomic mass is 35.5. The number of aromatic amines is 1. The lowest BCUT2D eigenvalue weighted by Gasteiger charge is -2.16. The normalized spacial score (nSPS) is 12.5. The summed E-state index contributed by atoms with van der Waals surface area (Å²) >= 11 is 12.4. The summed E-state index contributed by atoms with van der Waals surface area (Å²) in [4.78, 5) is 3.30. The first-order valence-corrected chi connectivity index (χ1v) is 8.17. The van der Waals surface area contributed by atoms with Gasteiger partial charge in [-0.3, -0.25) is 0 Å². The Morgan fingerprint density at radius 3 is 2.78 bits per heavy atom. The number of nitrogens with one attached hydrogen (secondary N) is 1. The van der Waals surface area contributed by atoms with E-state index in [-0.39, 0.29) is 5.92 Å². The van der Waals surface area contributed by atoms with E-state index in [9.17, 15) is 0 Å². The Balaban J connectivity index is 1.99. The molecule has 3 rings (SSSR count). The smallest absolute Gasteiger partial charge is 0.119 e. The first-order valence-electron chi connectivity index (χ1n) is 7.42. The maximum absolute atomic E-state index is 6.32. The van der Waals surface area contributed by atoms with Gasteiger partial charge in [-0.25, -0.2) is 0 Å². The van der Waals surface area contributed by atoms with E-state index in [1.807, 2.05) is 36.5 Å². The summed E-state index contributed by atoms with van der Waals surface area (Å²) in [6.45, 7) is 0.521. The van der Waals surface area contributed by atoms with Crippen molar-refractivity contribution in [2.24, 2.45) is 5.73 Å². The molecule has 2 aromatic carbocycles. The number of methoxy groups -OCH3 is 1. The number of ether oxygens (including phenoxy) is 1. The Bertz CT molecular complexity index is 829. The molecule has 23 heavy (non-hydrogen) atoms. The lowest BCUT2D eigenvalue weighted by Crippen LogP contribution is -2.15. The second kappa shape index (κ2) is 6.83. The molecule has 0 bridgehead atoms. The molecule has 0 radical (unpaired) electrons. The van der Waals surface area contributed by atoms with Gasteiger partial charge in [-0.05, 0) is 48.4 Å². The van der Waals surface area contributed by atoms with Crippen LogP contribution >= 0.6 is 23.2 Å². The zero-order valence-electron chi connectivity index (χ0n) is 12.8. The molecule has 1 atom stereocenters. The van der Waals surface area contributed by atoms with Gasteiger partial charge in [0.25, 0.3) is 0 Å². The van der Waals surface area contributed by atoms with Gasteiger partial charge in [0.1, 0.15) is 5.75 Å². The topological polar surface area (TPSA) is 51.0 Å². The molecule has 1 heterocycles. The van der Waals surface area contributed by atoms with E-state index < -0.39 is 0 Å². The van der Waals surface area contributed by atoms with Crippen molar-refractivity contribution in [2.45, 2.75) is 12.3 Å². The third-order valence-corrected chi connectivity index (χ3v) is 5.00. The van der Waals surface area contributed by atoms with Crippen LogP contribution in [-0.2, 0) is 6.42 Å². The molecule has 1 unspecified atom stereocenters. The molecule has 0 aliphatic rings. The molecule has 0 aliphatic carbocycles. The number of nitrogens with two attached hydrogens (primary N) is 1. The highest BCUT2D eigenvalue weighted by molar-refractivity contribution is 6.42. The van der Waals surface area contributed by atoms with Gasteiger partial charge in [0.15, 0.2) is 0 Å². The van der Waals surface area contributed by atoms with Crippen LogP contribution in [0.25, 0.3) is 10.9 Å². The van der Waals surface area contributed by atoms with Crippen molar-refractivity contribution in [1.82, 2.24) is 4.98 Å². The molecule has 0 spiro atoms. The van der Waals surface area contributed by atoms with Gasteiger partial charge in [0.2, 0.25) is 0 Å². The third-order valence-electron chi connectivity index (χ3n) is 4.14. The molecule has 3 aromatic rings. The fourth-order valence-electron chi connectivity index (χ4n) is 2.88. The Morgan fingerprint density at radius 1 is 1.22 bits per heavy atom. The van der Waals surface area contributed by atoms with E-state index in [1.165, 1.54) is 0 Å². The van der Waals surface area contributed by atoms with Crippen LogP contribution in [0.1, 0.15) is 17.0 Å². The predicted octanol–water partition coefficient (Wildman–Crippen LogP) is 4.77. The van der Waals surface area contributed by atoms with Crippen molar-refractivity contribution < 1.29 is 4.74 Å². The van der Waals surface area contributed by atoms with E-state index in [0.29, 0.717) is 16.6 Å². The lowest BCUT2D eigenvalue weighted by molar-refractivity contribution is 0.415. The lowest BCUT2D eigenvalue weighted by atomic mass is 9.91. The monoisotopic (exact) mass is 348 g/mol. The van der Waals surface area contributed by atoms with Crippen LogP contribution in [0.2, 0.25) is 10.0 Å². The first kappa shape index (κ1) is 16.2. The number of rotatable bonds is 5. The SMILES string of the molecule is COc1ccc2[nH]cc(C(CN)Cc3cccc(Cl)c3Cl)c2c1. The zero-order valence-corrected chi connectivity index (χ0v) is 14.3. The Hall–Kier alpha value is -1.68. The standard InChI is InChI=1S/C18H18Cl2N2O/c1-23-13-5-6-17-14(8-13)15(10-22-17)12(9-21)7-11-3-2-4-16(19)18(11)20/h2-6,8,10,12,22H,7,9,21H2,1H3. The van der Waals surface area contributed by atoms with Gasteiger partial charge in [0, 0.05) is 23.0 Å². The molecular weight excluding hydrogens is 331 g/mol. The fourth-order valence-corrected chi connectivity index (χ4v) is 3.28. The number of aromatic nitrogens is 1. The predicted molar refractivity (Wildman–Crippen MR) is 96.8 cm³/mol. The van der Waals surface area contributed by atoms with Crippen molar-refractivity contribution in [3.63, 3.8) is 0 Å². The van der Waals surface area contributed by atoms with Crippen molar-refractivity contribution in [3.05, 3.63) is 63.8 Å². The minimum Gasteiger partial charge on any atom is -0.497 e. The molecule has 5 heteroatoms. The number of hydrogen-bond donors (Lipinski definition) is 2. The molecule has 3 nitrogen and oxygen atoms in total. The van der Waals surface area contributed by atoms with Crippen molar-refractivity contribution in [3.8, 4) is 5.75 Å². The first-order chi connectivity index (χ1) is 11.1. The summed E-state index contributed by atoms with van der Waals surface area (Å²) in [5.41, 5.74) is 9.28. The average molecular weight is 349 g/mol. The summed E-state index contributed by atoms with van der Waals surface area (Å²) in [5.74, 6) is 0.974. The second-order valence-electron chi connectivity index (χ2n) is 5.51. The van der Waals surface area contributed by atoms with E-state index >= 15 is 0 Å². The van der Waals surface area contributed by atoms with E-state index in [0.717, 1.165) is 34.2 Å². The zero-order chi connectivity index (χ0) is 16.4. The van der Waals surface area contributed by atoms with Crippen molar-refractivity contribution in [2.75, 3.05) is 13.7 Å². The number of fused-ring (bicyclic) bond motifs is 1. The van der Waals surface area contributed by atoms with Gasteiger partial charge >= 0.3 is 0 Å². The van der Waals surface area contributed by atoms with E-state index in [2.05, 4.69) is 4.98 Å². The van der Waals surface area contributed by atoms with Crippen LogP contribution in [0.15, 0.2) is 42.6 Å². The quantitative estimate of drug-likeness (QED) is 0.697.